The highest BCUT2D eigenvalue weighted by Crippen LogP contribution is 2.26. The van der Waals surface area contributed by atoms with Gasteiger partial charge in [-0.2, -0.15) is 0 Å². The third-order valence-electron chi connectivity index (χ3n) is 1.84. The molecule has 0 atom stereocenters. The van der Waals surface area contributed by atoms with E-state index in [1.54, 1.807) is 6.92 Å². The molecule has 0 heterocycles. The first-order chi connectivity index (χ1) is 8.06. The quantitative estimate of drug-likeness (QED) is 0.818. The van der Waals surface area contributed by atoms with Crippen LogP contribution in [0.3, 0.4) is 0 Å². The van der Waals surface area contributed by atoms with Gasteiger partial charge in [0.2, 0.25) is 0 Å². The summed E-state index contributed by atoms with van der Waals surface area (Å²) in [6.45, 7) is 1.55. The van der Waals surface area contributed by atoms with Crippen LogP contribution in [-0.4, -0.2) is 30.3 Å². The molecule has 1 N–H and O–H groups in total. The molecule has 1 rings (SSSR count). The van der Waals surface area contributed by atoms with Crippen LogP contribution in [0.25, 0.3) is 0 Å². The van der Waals surface area contributed by atoms with E-state index in [4.69, 9.17) is 21.4 Å². The molecule has 0 saturated heterocycles. The number of hydrogen-bond acceptors (Lipinski definition) is 4. The molecule has 0 saturated carbocycles. The van der Waals surface area contributed by atoms with Crippen LogP contribution >= 0.6 is 11.6 Å². The van der Waals surface area contributed by atoms with E-state index < -0.39 is 11.9 Å². The van der Waals surface area contributed by atoms with Gasteiger partial charge in [0.15, 0.2) is 6.61 Å². The summed E-state index contributed by atoms with van der Waals surface area (Å²) < 4.78 is 9.70. The molecule has 5 nitrogen and oxygen atoms in total. The average Bonchev–Trinajstić information content (AvgIpc) is 2.26. The molecule has 0 amide bonds. The minimum absolute atomic E-state index is 0.0399. The minimum Gasteiger partial charge on any atom is -0.481 e. The van der Waals surface area contributed by atoms with E-state index in [-0.39, 0.29) is 29.5 Å². The summed E-state index contributed by atoms with van der Waals surface area (Å²) in [5.74, 6) is -1.74. The molecule has 0 aliphatic heterocycles. The van der Waals surface area contributed by atoms with Gasteiger partial charge in [-0.15, -0.1) is 0 Å². The van der Waals surface area contributed by atoms with Crippen LogP contribution in [-0.2, 0) is 9.53 Å². The second-order valence-corrected chi connectivity index (χ2v) is 3.42. The minimum atomic E-state index is -1.21. The maximum absolute atomic E-state index is 11.1. The van der Waals surface area contributed by atoms with Crippen molar-refractivity contribution in [3.05, 3.63) is 28.8 Å². The van der Waals surface area contributed by atoms with E-state index in [1.165, 1.54) is 18.2 Å². The van der Waals surface area contributed by atoms with E-state index in [2.05, 4.69) is 4.74 Å². The molecule has 0 fully saturated rings. The summed E-state index contributed by atoms with van der Waals surface area (Å²) in [5.41, 5.74) is -0.168. The maximum Gasteiger partial charge on any atom is 0.344 e. The first kappa shape index (κ1) is 13.3. The van der Waals surface area contributed by atoms with Gasteiger partial charge in [0.25, 0.3) is 0 Å². The number of carbonyl (C=O) groups is 2. The van der Waals surface area contributed by atoms with Crippen molar-refractivity contribution in [1.29, 1.82) is 0 Å². The van der Waals surface area contributed by atoms with Crippen molar-refractivity contribution in [2.24, 2.45) is 0 Å². The molecule has 0 aromatic heterocycles. The van der Waals surface area contributed by atoms with Crippen molar-refractivity contribution in [2.45, 2.75) is 6.92 Å². The lowest BCUT2D eigenvalue weighted by atomic mass is 10.2. The van der Waals surface area contributed by atoms with E-state index in [9.17, 15) is 9.59 Å². The van der Waals surface area contributed by atoms with Crippen LogP contribution in [0.15, 0.2) is 18.2 Å². The van der Waals surface area contributed by atoms with Crippen LogP contribution in [0.2, 0.25) is 5.02 Å². The fraction of sp³-hybridized carbons (Fsp3) is 0.273. The highest BCUT2D eigenvalue weighted by molar-refractivity contribution is 6.33. The Bertz CT molecular complexity index is 430. The molecular formula is C11H11ClO5. The zero-order valence-corrected chi connectivity index (χ0v) is 9.86. The molecule has 0 aliphatic carbocycles. The highest BCUT2D eigenvalue weighted by atomic mass is 35.5. The van der Waals surface area contributed by atoms with Gasteiger partial charge < -0.3 is 14.6 Å². The molecule has 0 spiro atoms. The van der Waals surface area contributed by atoms with Gasteiger partial charge in [-0.1, -0.05) is 17.7 Å². The SMILES string of the molecule is CCOC(=O)COc1cccc(Cl)c1C(=O)O. The molecule has 92 valence electrons. The lowest BCUT2D eigenvalue weighted by Gasteiger charge is -2.09. The Morgan fingerprint density at radius 3 is 2.71 bits per heavy atom. The largest absolute Gasteiger partial charge is 0.481 e. The van der Waals surface area contributed by atoms with E-state index in [0.29, 0.717) is 0 Å². The molecular weight excluding hydrogens is 248 g/mol. The van der Waals surface area contributed by atoms with Gasteiger partial charge >= 0.3 is 11.9 Å². The molecule has 1 aromatic rings. The van der Waals surface area contributed by atoms with Gasteiger partial charge in [0, 0.05) is 0 Å². The Morgan fingerprint density at radius 2 is 2.12 bits per heavy atom. The monoisotopic (exact) mass is 258 g/mol. The normalized spacial score (nSPS) is 9.76. The Hall–Kier alpha value is -1.75. The zero-order chi connectivity index (χ0) is 12.8. The lowest BCUT2D eigenvalue weighted by Crippen LogP contribution is -2.16. The number of hydrogen-bond donors (Lipinski definition) is 1. The number of ether oxygens (including phenoxy) is 2. The second kappa shape index (κ2) is 6.10. The average molecular weight is 259 g/mol. The van der Waals surface area contributed by atoms with Gasteiger partial charge in [-0.3, -0.25) is 0 Å². The van der Waals surface area contributed by atoms with E-state index >= 15 is 0 Å². The van der Waals surface area contributed by atoms with E-state index in [1.807, 2.05) is 0 Å². The van der Waals surface area contributed by atoms with Crippen LogP contribution in [0.4, 0.5) is 0 Å². The van der Waals surface area contributed by atoms with Crippen molar-refractivity contribution < 1.29 is 24.2 Å². The molecule has 0 aliphatic rings. The van der Waals surface area contributed by atoms with Crippen molar-refractivity contribution in [3.63, 3.8) is 0 Å². The Kier molecular flexibility index (Phi) is 4.78. The Labute approximate surface area is 103 Å². The van der Waals surface area contributed by atoms with Gasteiger partial charge in [-0.25, -0.2) is 9.59 Å². The summed E-state index contributed by atoms with van der Waals surface area (Å²) in [6, 6.07) is 4.39. The molecule has 0 radical (unpaired) electrons. The second-order valence-electron chi connectivity index (χ2n) is 3.01. The van der Waals surface area contributed by atoms with Crippen molar-refractivity contribution in [2.75, 3.05) is 13.2 Å². The summed E-state index contributed by atoms with van der Waals surface area (Å²) in [7, 11) is 0. The van der Waals surface area contributed by atoms with Crippen LogP contribution in [0, 0.1) is 0 Å². The smallest absolute Gasteiger partial charge is 0.344 e. The predicted molar refractivity (Wildman–Crippen MR) is 60.5 cm³/mol. The number of aromatic carboxylic acids is 1. The molecule has 1 aromatic carbocycles. The fourth-order valence-corrected chi connectivity index (χ4v) is 1.42. The van der Waals surface area contributed by atoms with Crippen molar-refractivity contribution >= 4 is 23.5 Å². The number of carboxylic acid groups (broad SMARTS) is 1. The zero-order valence-electron chi connectivity index (χ0n) is 9.10. The van der Waals surface area contributed by atoms with E-state index in [0.717, 1.165) is 0 Å². The lowest BCUT2D eigenvalue weighted by molar-refractivity contribution is -0.145. The van der Waals surface area contributed by atoms with Gasteiger partial charge in [-0.05, 0) is 19.1 Å². The molecule has 6 heteroatoms. The van der Waals surface area contributed by atoms with Crippen molar-refractivity contribution in [1.82, 2.24) is 0 Å². The summed E-state index contributed by atoms with van der Waals surface area (Å²) in [6.07, 6.45) is 0. The topological polar surface area (TPSA) is 72.8 Å². The fourth-order valence-electron chi connectivity index (χ4n) is 1.17. The number of carboxylic acids is 1. The number of rotatable bonds is 5. The first-order valence-corrected chi connectivity index (χ1v) is 5.24. The first-order valence-electron chi connectivity index (χ1n) is 4.86. The number of carbonyl (C=O) groups excluding carboxylic acids is 1. The Morgan fingerprint density at radius 1 is 1.41 bits per heavy atom. The molecule has 0 bridgehead atoms. The van der Waals surface area contributed by atoms with Gasteiger partial charge in [0.05, 0.1) is 11.6 Å². The van der Waals surface area contributed by atoms with Crippen LogP contribution in [0.1, 0.15) is 17.3 Å². The molecule has 0 unspecified atom stereocenters. The van der Waals surface area contributed by atoms with Crippen molar-refractivity contribution in [3.8, 4) is 5.75 Å². The third kappa shape index (κ3) is 3.64. The number of halogens is 1. The maximum atomic E-state index is 11.1. The molecule has 17 heavy (non-hydrogen) atoms. The standard InChI is InChI=1S/C11H11ClO5/c1-2-16-9(13)6-17-8-5-3-4-7(12)10(8)11(14)15/h3-5H,2,6H2,1H3,(H,14,15). The van der Waals surface area contributed by atoms with Crippen LogP contribution in [0.5, 0.6) is 5.75 Å². The van der Waals surface area contributed by atoms with Crippen LogP contribution < -0.4 is 4.74 Å². The summed E-state index contributed by atoms with van der Waals surface area (Å²) in [5, 5.41) is 8.99. The third-order valence-corrected chi connectivity index (χ3v) is 2.16. The summed E-state index contributed by atoms with van der Waals surface area (Å²) in [4.78, 5) is 22.0. The van der Waals surface area contributed by atoms with Gasteiger partial charge in [0.1, 0.15) is 11.3 Å². The number of esters is 1. The highest BCUT2D eigenvalue weighted by Gasteiger charge is 2.16. The predicted octanol–water partition coefficient (Wildman–Crippen LogP) is 1.98. The summed E-state index contributed by atoms with van der Waals surface area (Å²) >= 11 is 5.72. The number of benzene rings is 1. The Balaban J connectivity index is 2.81.